The maximum Gasteiger partial charge on any atom is 0.220 e. The molecule has 0 radical (unpaired) electrons. The van der Waals surface area contributed by atoms with Crippen molar-refractivity contribution >= 4 is 34.1 Å². The highest BCUT2D eigenvalue weighted by Crippen LogP contribution is 2.34. The summed E-state index contributed by atoms with van der Waals surface area (Å²) in [7, 11) is 3.13. The van der Waals surface area contributed by atoms with Crippen molar-refractivity contribution in [2.75, 3.05) is 20.8 Å². The number of hydrogen-bond donors (Lipinski definition) is 0. The van der Waals surface area contributed by atoms with Crippen molar-refractivity contribution in [1.29, 1.82) is 0 Å². The molecular formula is C22H24F2O4S2. The van der Waals surface area contributed by atoms with Crippen LogP contribution in [0.3, 0.4) is 0 Å². The molecule has 0 saturated heterocycles. The minimum absolute atomic E-state index is 0.0846. The molecule has 1 atom stereocenters. The van der Waals surface area contributed by atoms with Crippen LogP contribution >= 0.6 is 24.0 Å². The summed E-state index contributed by atoms with van der Waals surface area (Å²) >= 11 is 6.61. The van der Waals surface area contributed by atoms with E-state index >= 15 is 0 Å². The molecule has 0 amide bonds. The van der Waals surface area contributed by atoms with Gasteiger partial charge in [0.05, 0.1) is 26.4 Å². The molecule has 2 rings (SSSR count). The first-order chi connectivity index (χ1) is 14.4. The number of hydrogen-bond acceptors (Lipinski definition) is 6. The molecule has 30 heavy (non-hydrogen) atoms. The number of ether oxygens (including phenoxy) is 3. The molecule has 2 aromatic rings. The molecule has 0 fully saturated rings. The maximum absolute atomic E-state index is 13.9. The van der Waals surface area contributed by atoms with Crippen LogP contribution in [-0.4, -0.2) is 36.2 Å². The summed E-state index contributed by atoms with van der Waals surface area (Å²) < 4.78 is 43.6. The average Bonchev–Trinajstić information content (AvgIpc) is 2.71. The number of thioether (sulfide) groups is 1. The van der Waals surface area contributed by atoms with Gasteiger partial charge in [0.15, 0.2) is 17.3 Å². The lowest BCUT2D eigenvalue weighted by molar-refractivity contribution is 0.0976. The summed E-state index contributed by atoms with van der Waals surface area (Å²) in [6.07, 6.45) is 1.05. The van der Waals surface area contributed by atoms with Gasteiger partial charge in [-0.25, -0.2) is 8.78 Å². The first-order valence-corrected chi connectivity index (χ1v) is 10.7. The van der Waals surface area contributed by atoms with Crippen LogP contribution in [0.5, 0.6) is 11.5 Å². The van der Waals surface area contributed by atoms with Gasteiger partial charge in [-0.05, 0) is 55.7 Å². The van der Waals surface area contributed by atoms with Crippen molar-refractivity contribution < 1.29 is 27.8 Å². The zero-order valence-corrected chi connectivity index (χ0v) is 18.7. The number of rotatable bonds is 10. The summed E-state index contributed by atoms with van der Waals surface area (Å²) in [5.74, 6) is -0.745. The van der Waals surface area contributed by atoms with Gasteiger partial charge in [0, 0.05) is 17.7 Å². The van der Waals surface area contributed by atoms with E-state index in [1.807, 2.05) is 19.1 Å². The van der Waals surface area contributed by atoms with E-state index in [0.29, 0.717) is 41.4 Å². The molecule has 0 aliphatic rings. The predicted octanol–water partition coefficient (Wildman–Crippen LogP) is 5.61. The largest absolute Gasteiger partial charge is 0.493 e. The number of carbonyl (C=O) groups excluding carboxylic acids is 1. The van der Waals surface area contributed by atoms with Crippen molar-refractivity contribution in [3.05, 3.63) is 59.2 Å². The monoisotopic (exact) mass is 454 g/mol. The van der Waals surface area contributed by atoms with Crippen molar-refractivity contribution in [2.24, 2.45) is 0 Å². The molecule has 2 aromatic carbocycles. The molecule has 0 aromatic heterocycles. The molecule has 0 saturated carbocycles. The van der Waals surface area contributed by atoms with Crippen LogP contribution < -0.4 is 9.47 Å². The Hall–Kier alpha value is -2.19. The van der Waals surface area contributed by atoms with E-state index < -0.39 is 17.4 Å². The fourth-order valence-electron chi connectivity index (χ4n) is 2.99. The first kappa shape index (κ1) is 24.1. The minimum atomic E-state index is -0.858. The SMILES string of the molecule is CCOC(=S)SC(CCC(=O)c1ccc(F)cc1F)Cc1cccc(OC)c1OC. The highest BCUT2D eigenvalue weighted by atomic mass is 32.2. The summed E-state index contributed by atoms with van der Waals surface area (Å²) in [6, 6.07) is 8.54. The van der Waals surface area contributed by atoms with Crippen LogP contribution in [0.25, 0.3) is 0 Å². The Morgan fingerprint density at radius 2 is 1.93 bits per heavy atom. The Labute approximate surface area is 184 Å². The Kier molecular flexibility index (Phi) is 9.52. The van der Waals surface area contributed by atoms with Gasteiger partial charge in [0.2, 0.25) is 4.38 Å². The third-order valence-electron chi connectivity index (χ3n) is 4.38. The normalized spacial score (nSPS) is 11.6. The Morgan fingerprint density at radius 1 is 1.17 bits per heavy atom. The van der Waals surface area contributed by atoms with Crippen LogP contribution in [0, 0.1) is 11.6 Å². The Balaban J connectivity index is 2.17. The van der Waals surface area contributed by atoms with E-state index in [4.69, 9.17) is 26.4 Å². The van der Waals surface area contributed by atoms with Crippen molar-refractivity contribution in [3.63, 3.8) is 0 Å². The van der Waals surface area contributed by atoms with Gasteiger partial charge >= 0.3 is 0 Å². The fraction of sp³-hybridized carbons (Fsp3) is 0.364. The van der Waals surface area contributed by atoms with Gasteiger partial charge in [-0.3, -0.25) is 4.79 Å². The molecule has 0 spiro atoms. The summed E-state index contributed by atoms with van der Waals surface area (Å²) in [5.41, 5.74) is 0.778. The van der Waals surface area contributed by atoms with Gasteiger partial charge in [-0.2, -0.15) is 0 Å². The lowest BCUT2D eigenvalue weighted by atomic mass is 10.0. The second-order valence-electron chi connectivity index (χ2n) is 6.37. The molecular weight excluding hydrogens is 430 g/mol. The van der Waals surface area contributed by atoms with Gasteiger partial charge in [0.1, 0.15) is 11.6 Å². The number of Topliss-reactive ketones (excluding diaryl/α,β-unsaturated/α-hetero) is 1. The third-order valence-corrected chi connectivity index (χ3v) is 5.83. The second-order valence-corrected chi connectivity index (χ2v) is 8.27. The van der Waals surface area contributed by atoms with E-state index in [1.165, 1.54) is 17.8 Å². The standard InChI is InChI=1S/C22H24F2O4S2/c1-4-28-22(29)30-16(12-14-6-5-7-20(26-2)21(14)27-3)9-11-19(25)17-10-8-15(23)13-18(17)24/h5-8,10,13,16H,4,9,11-12H2,1-3H3. The minimum Gasteiger partial charge on any atom is -0.493 e. The Bertz CT molecular complexity index is 889. The molecule has 0 heterocycles. The molecule has 1 unspecified atom stereocenters. The van der Waals surface area contributed by atoms with E-state index in [9.17, 15) is 13.6 Å². The number of methoxy groups -OCH3 is 2. The first-order valence-electron chi connectivity index (χ1n) is 9.41. The molecule has 162 valence electrons. The fourth-order valence-corrected chi connectivity index (χ4v) is 4.48. The van der Waals surface area contributed by atoms with Crippen LogP contribution in [0.4, 0.5) is 8.78 Å². The lowest BCUT2D eigenvalue weighted by Gasteiger charge is -2.19. The second kappa shape index (κ2) is 11.9. The number of benzene rings is 2. The van der Waals surface area contributed by atoms with E-state index in [2.05, 4.69) is 0 Å². The molecule has 8 heteroatoms. The number of para-hydroxylation sites is 1. The molecule has 0 bridgehead atoms. The molecule has 0 aliphatic heterocycles. The van der Waals surface area contributed by atoms with Crippen molar-refractivity contribution in [3.8, 4) is 11.5 Å². The molecule has 4 nitrogen and oxygen atoms in total. The van der Waals surface area contributed by atoms with Crippen molar-refractivity contribution in [1.82, 2.24) is 0 Å². The summed E-state index contributed by atoms with van der Waals surface area (Å²) in [6.45, 7) is 2.29. The highest BCUT2D eigenvalue weighted by molar-refractivity contribution is 8.23. The zero-order chi connectivity index (χ0) is 22.1. The van der Waals surface area contributed by atoms with Crippen LogP contribution in [0.15, 0.2) is 36.4 Å². The number of halogens is 2. The smallest absolute Gasteiger partial charge is 0.220 e. The summed E-state index contributed by atoms with van der Waals surface area (Å²) in [5, 5.41) is -0.113. The lowest BCUT2D eigenvalue weighted by Crippen LogP contribution is -2.15. The maximum atomic E-state index is 13.9. The van der Waals surface area contributed by atoms with Gasteiger partial charge < -0.3 is 14.2 Å². The van der Waals surface area contributed by atoms with Crippen molar-refractivity contribution in [2.45, 2.75) is 31.4 Å². The van der Waals surface area contributed by atoms with Crippen LogP contribution in [0.2, 0.25) is 0 Å². The average molecular weight is 455 g/mol. The highest BCUT2D eigenvalue weighted by Gasteiger charge is 2.21. The van der Waals surface area contributed by atoms with E-state index in [-0.39, 0.29) is 17.2 Å². The number of thiocarbonyl (C=S) groups is 1. The number of ketones is 1. The van der Waals surface area contributed by atoms with Gasteiger partial charge in [-0.1, -0.05) is 23.9 Å². The van der Waals surface area contributed by atoms with Gasteiger partial charge in [0.25, 0.3) is 0 Å². The summed E-state index contributed by atoms with van der Waals surface area (Å²) in [4.78, 5) is 12.5. The zero-order valence-electron chi connectivity index (χ0n) is 17.1. The van der Waals surface area contributed by atoms with E-state index in [1.54, 1.807) is 20.3 Å². The van der Waals surface area contributed by atoms with Gasteiger partial charge in [-0.15, -0.1) is 0 Å². The topological polar surface area (TPSA) is 44.8 Å². The van der Waals surface area contributed by atoms with Crippen LogP contribution in [-0.2, 0) is 11.2 Å². The molecule has 0 aliphatic carbocycles. The third kappa shape index (κ3) is 6.67. The van der Waals surface area contributed by atoms with Crippen LogP contribution in [0.1, 0.15) is 35.7 Å². The molecule has 0 N–H and O–H groups in total. The quantitative estimate of drug-likeness (QED) is 0.343. The van der Waals surface area contributed by atoms with E-state index in [0.717, 1.165) is 11.6 Å². The predicted molar refractivity (Wildman–Crippen MR) is 119 cm³/mol. The number of carbonyl (C=O) groups is 1. The Morgan fingerprint density at radius 3 is 2.57 bits per heavy atom.